The van der Waals surface area contributed by atoms with Gasteiger partial charge in [-0.1, -0.05) is 0 Å². The summed E-state index contributed by atoms with van der Waals surface area (Å²) in [6.07, 6.45) is 5.64. The number of nitrogens with zero attached hydrogens (tertiary/aromatic N) is 5. The van der Waals surface area contributed by atoms with Gasteiger partial charge in [0.1, 0.15) is 11.2 Å². The minimum atomic E-state index is -3.59. The monoisotopic (exact) mass is 333 g/mol. The molecule has 0 spiro atoms. The molecule has 0 amide bonds. The van der Waals surface area contributed by atoms with Crippen LogP contribution in [0.3, 0.4) is 0 Å². The Bertz CT molecular complexity index is 889. The molecule has 2 aliphatic rings. The van der Waals surface area contributed by atoms with Crippen molar-refractivity contribution in [2.24, 2.45) is 7.05 Å². The average molecular weight is 333 g/mol. The largest absolute Gasteiger partial charge is 0.271 e. The molecule has 0 aromatic carbocycles. The minimum absolute atomic E-state index is 0.0218. The molecular formula is C15H19N5O2S. The number of fused-ring (bicyclic) bond motifs is 4. The predicted octanol–water partition coefficient (Wildman–Crippen LogP) is 1.28. The maximum Gasteiger partial charge on any atom is 0.247 e. The van der Waals surface area contributed by atoms with E-state index >= 15 is 0 Å². The van der Waals surface area contributed by atoms with Gasteiger partial charge in [-0.25, -0.2) is 18.4 Å². The molecule has 8 heteroatoms. The van der Waals surface area contributed by atoms with Gasteiger partial charge < -0.3 is 0 Å². The van der Waals surface area contributed by atoms with Crippen molar-refractivity contribution in [3.05, 3.63) is 35.2 Å². The second-order valence-electron chi connectivity index (χ2n) is 6.33. The Morgan fingerprint density at radius 3 is 2.74 bits per heavy atom. The van der Waals surface area contributed by atoms with Crippen molar-refractivity contribution in [1.29, 1.82) is 0 Å². The van der Waals surface area contributed by atoms with Crippen LogP contribution in [0, 0.1) is 13.8 Å². The van der Waals surface area contributed by atoms with Gasteiger partial charge in [-0.05, 0) is 26.7 Å². The van der Waals surface area contributed by atoms with Gasteiger partial charge >= 0.3 is 0 Å². The molecule has 2 aliphatic heterocycles. The summed E-state index contributed by atoms with van der Waals surface area (Å²) in [6, 6.07) is -0.180. The van der Waals surface area contributed by atoms with Gasteiger partial charge in [0.2, 0.25) is 10.0 Å². The number of sulfonamides is 1. The predicted molar refractivity (Wildman–Crippen MR) is 83.2 cm³/mol. The molecule has 2 aromatic heterocycles. The minimum Gasteiger partial charge on any atom is -0.271 e. The van der Waals surface area contributed by atoms with E-state index in [1.54, 1.807) is 36.1 Å². The first kappa shape index (κ1) is 14.8. The molecule has 4 rings (SSSR count). The maximum atomic E-state index is 13.3. The van der Waals surface area contributed by atoms with Gasteiger partial charge in [-0.2, -0.15) is 9.40 Å². The number of aryl methyl sites for hydroxylation is 2. The molecule has 2 aromatic rings. The highest BCUT2D eigenvalue weighted by Crippen LogP contribution is 2.46. The molecular weight excluding hydrogens is 314 g/mol. The summed E-state index contributed by atoms with van der Waals surface area (Å²) < 4.78 is 30.0. The lowest BCUT2D eigenvalue weighted by Crippen LogP contribution is -2.42. The zero-order chi connectivity index (χ0) is 16.4. The van der Waals surface area contributed by atoms with Crippen LogP contribution in [0.2, 0.25) is 0 Å². The molecule has 0 N–H and O–H groups in total. The Balaban J connectivity index is 1.85. The van der Waals surface area contributed by atoms with E-state index in [0.717, 1.165) is 24.1 Å². The summed E-state index contributed by atoms with van der Waals surface area (Å²) in [4.78, 5) is 8.78. The smallest absolute Gasteiger partial charge is 0.247 e. The lowest BCUT2D eigenvalue weighted by molar-refractivity contribution is 0.300. The van der Waals surface area contributed by atoms with Crippen LogP contribution >= 0.6 is 0 Å². The highest BCUT2D eigenvalue weighted by atomic mass is 32.2. The molecule has 1 saturated heterocycles. The third-order valence-electron chi connectivity index (χ3n) is 5.03. The molecule has 122 valence electrons. The van der Waals surface area contributed by atoms with Crippen LogP contribution in [-0.4, -0.2) is 38.5 Å². The number of hydrogen-bond donors (Lipinski definition) is 0. The van der Waals surface area contributed by atoms with Crippen LogP contribution in [0.25, 0.3) is 0 Å². The molecule has 1 fully saturated rings. The molecule has 2 atom stereocenters. The summed E-state index contributed by atoms with van der Waals surface area (Å²) in [5.41, 5.74) is 3.17. The van der Waals surface area contributed by atoms with E-state index in [1.165, 1.54) is 6.33 Å². The van der Waals surface area contributed by atoms with Crippen molar-refractivity contribution in [2.75, 3.05) is 0 Å². The third-order valence-corrected chi connectivity index (χ3v) is 7.25. The first-order chi connectivity index (χ1) is 10.9. The molecule has 0 radical (unpaired) electrons. The van der Waals surface area contributed by atoms with Gasteiger partial charge in [0.25, 0.3) is 0 Å². The van der Waals surface area contributed by atoms with Gasteiger partial charge in [0.15, 0.2) is 0 Å². The molecule has 2 bridgehead atoms. The molecule has 23 heavy (non-hydrogen) atoms. The maximum absolute atomic E-state index is 13.3. The highest BCUT2D eigenvalue weighted by Gasteiger charge is 2.48. The van der Waals surface area contributed by atoms with Crippen LogP contribution in [0.15, 0.2) is 17.4 Å². The molecule has 0 aliphatic carbocycles. The summed E-state index contributed by atoms with van der Waals surface area (Å²) in [6.45, 7) is 3.55. The van der Waals surface area contributed by atoms with Crippen molar-refractivity contribution in [3.8, 4) is 0 Å². The highest BCUT2D eigenvalue weighted by molar-refractivity contribution is 7.89. The zero-order valence-electron chi connectivity index (χ0n) is 13.4. The molecule has 4 heterocycles. The van der Waals surface area contributed by atoms with E-state index in [0.29, 0.717) is 22.7 Å². The second-order valence-corrected chi connectivity index (χ2v) is 8.11. The van der Waals surface area contributed by atoms with Crippen molar-refractivity contribution in [1.82, 2.24) is 24.1 Å². The van der Waals surface area contributed by atoms with E-state index in [4.69, 9.17) is 0 Å². The van der Waals surface area contributed by atoms with E-state index in [9.17, 15) is 8.42 Å². The fraction of sp³-hybridized carbons (Fsp3) is 0.533. The van der Waals surface area contributed by atoms with Crippen molar-refractivity contribution in [3.63, 3.8) is 0 Å². The van der Waals surface area contributed by atoms with E-state index in [-0.39, 0.29) is 12.1 Å². The first-order valence-electron chi connectivity index (χ1n) is 7.73. The lowest BCUT2D eigenvalue weighted by atomic mass is 10.0. The fourth-order valence-electron chi connectivity index (χ4n) is 3.98. The zero-order valence-corrected chi connectivity index (χ0v) is 14.2. The van der Waals surface area contributed by atoms with Crippen LogP contribution in [0.4, 0.5) is 0 Å². The Hall–Kier alpha value is -1.80. The van der Waals surface area contributed by atoms with Crippen LogP contribution in [-0.2, 0) is 23.5 Å². The molecule has 7 nitrogen and oxygen atoms in total. The third kappa shape index (κ3) is 1.98. The SMILES string of the molecule is Cc1nn(C)c(C)c1S(=O)(=O)N1C2CCC1c1cncnc1C2. The molecule has 0 saturated carbocycles. The van der Waals surface area contributed by atoms with Gasteiger partial charge in [0, 0.05) is 31.3 Å². The van der Waals surface area contributed by atoms with Crippen molar-refractivity contribution in [2.45, 2.75) is 50.1 Å². The van der Waals surface area contributed by atoms with Crippen LogP contribution in [0.1, 0.15) is 41.5 Å². The average Bonchev–Trinajstić information content (AvgIpc) is 2.96. The summed E-state index contributed by atoms with van der Waals surface area (Å²) in [7, 11) is -1.81. The van der Waals surface area contributed by atoms with Crippen LogP contribution < -0.4 is 0 Å². The summed E-state index contributed by atoms with van der Waals surface area (Å²) >= 11 is 0. The Kier molecular flexibility index (Phi) is 3.11. The normalized spacial score (nSPS) is 24.0. The Labute approximate surface area is 135 Å². The van der Waals surface area contributed by atoms with Gasteiger partial charge in [0.05, 0.1) is 23.1 Å². The summed E-state index contributed by atoms with van der Waals surface area (Å²) in [5, 5.41) is 4.27. The van der Waals surface area contributed by atoms with Crippen LogP contribution in [0.5, 0.6) is 0 Å². The van der Waals surface area contributed by atoms with Gasteiger partial charge in [-0.15, -0.1) is 0 Å². The fourth-order valence-corrected chi connectivity index (χ4v) is 6.24. The van der Waals surface area contributed by atoms with Crippen molar-refractivity contribution < 1.29 is 8.42 Å². The lowest BCUT2D eigenvalue weighted by Gasteiger charge is -2.34. The topological polar surface area (TPSA) is 81.0 Å². The molecule has 2 unspecified atom stereocenters. The first-order valence-corrected chi connectivity index (χ1v) is 9.17. The standard InChI is InChI=1S/C15H19N5O2S/c1-9-15(10(2)19(3)18-9)23(21,22)20-11-4-5-14(20)12-7-16-8-17-13(12)6-11/h7-8,11,14H,4-6H2,1-3H3. The number of aromatic nitrogens is 4. The quantitative estimate of drug-likeness (QED) is 0.827. The number of rotatable bonds is 2. The van der Waals surface area contributed by atoms with Crippen molar-refractivity contribution >= 4 is 10.0 Å². The summed E-state index contributed by atoms with van der Waals surface area (Å²) in [5.74, 6) is 0. The Morgan fingerprint density at radius 1 is 1.26 bits per heavy atom. The Morgan fingerprint density at radius 2 is 2.04 bits per heavy atom. The van der Waals surface area contributed by atoms with E-state index < -0.39 is 10.0 Å². The van der Waals surface area contributed by atoms with E-state index in [2.05, 4.69) is 15.1 Å². The second kappa shape index (κ2) is 4.85. The number of hydrogen-bond acceptors (Lipinski definition) is 5. The van der Waals surface area contributed by atoms with Gasteiger partial charge in [-0.3, -0.25) is 4.68 Å². The van der Waals surface area contributed by atoms with E-state index in [1.807, 2.05) is 0 Å².